The van der Waals surface area contributed by atoms with Crippen LogP contribution in [-0.2, 0) is 19.5 Å². The molecule has 1 radical (unpaired) electrons. The summed E-state index contributed by atoms with van der Waals surface area (Å²) in [7, 11) is 0. The van der Waals surface area contributed by atoms with Crippen LogP contribution in [0.25, 0.3) is 0 Å². The molecule has 0 spiro atoms. The van der Waals surface area contributed by atoms with E-state index in [9.17, 15) is 0 Å². The van der Waals surface area contributed by atoms with E-state index in [1.807, 2.05) is 30.3 Å². The normalized spacial score (nSPS) is 9.06. The molecule has 0 heterocycles. The van der Waals surface area contributed by atoms with Crippen molar-refractivity contribution in [3.8, 4) is 0 Å². The van der Waals surface area contributed by atoms with Gasteiger partial charge in [-0.15, -0.1) is 0 Å². The molecule has 0 aliphatic carbocycles. The Balaban J connectivity index is 0.000000318. The van der Waals surface area contributed by atoms with Gasteiger partial charge in [-0.05, 0) is 0 Å². The molecule has 2 rings (SSSR count). The molecule has 1 heteroatoms. The molecule has 2 aromatic rings. The summed E-state index contributed by atoms with van der Waals surface area (Å²) in [6, 6.07) is 10.0. The molecular formula is C15H20Rh. The molecule has 0 saturated heterocycles. The first kappa shape index (κ1) is 15.3. The Morgan fingerprint density at radius 1 is 0.875 bits per heavy atom. The van der Waals surface area contributed by atoms with Crippen LogP contribution in [0.15, 0.2) is 30.3 Å². The molecule has 0 N–H and O–H groups in total. The van der Waals surface area contributed by atoms with Gasteiger partial charge in [0.1, 0.15) is 0 Å². The van der Waals surface area contributed by atoms with E-state index in [4.69, 9.17) is 0 Å². The molecule has 0 saturated carbocycles. The zero-order valence-corrected chi connectivity index (χ0v) is 12.4. The summed E-state index contributed by atoms with van der Waals surface area (Å²) >= 11 is 0. The molecule has 89 valence electrons. The fourth-order valence-electron chi connectivity index (χ4n) is 1.73. The van der Waals surface area contributed by atoms with E-state index in [1.165, 1.54) is 27.8 Å². The molecular weight excluding hydrogens is 283 g/mol. The van der Waals surface area contributed by atoms with Crippen LogP contribution in [0, 0.1) is 34.6 Å². The summed E-state index contributed by atoms with van der Waals surface area (Å²) in [5, 5.41) is 0. The van der Waals surface area contributed by atoms with Crippen molar-refractivity contribution < 1.29 is 19.5 Å². The Morgan fingerprint density at radius 2 is 1.25 bits per heavy atom. The van der Waals surface area contributed by atoms with Gasteiger partial charge in [-0.2, -0.15) is 46.0 Å². The summed E-state index contributed by atoms with van der Waals surface area (Å²) in [4.78, 5) is 0. The summed E-state index contributed by atoms with van der Waals surface area (Å²) in [5.74, 6) is 0. The van der Waals surface area contributed by atoms with Gasteiger partial charge in [0.2, 0.25) is 0 Å². The number of rotatable bonds is 0. The van der Waals surface area contributed by atoms with Crippen LogP contribution in [0.2, 0.25) is 0 Å². The largest absolute Gasteiger partial charge is 2.00 e. The second-order valence-electron chi connectivity index (χ2n) is 4.09. The van der Waals surface area contributed by atoms with Crippen molar-refractivity contribution in [2.45, 2.75) is 34.6 Å². The van der Waals surface area contributed by atoms with Crippen LogP contribution in [-0.4, -0.2) is 0 Å². The van der Waals surface area contributed by atoms with E-state index >= 15 is 0 Å². The van der Waals surface area contributed by atoms with E-state index in [1.54, 1.807) is 0 Å². The van der Waals surface area contributed by atoms with E-state index in [-0.39, 0.29) is 19.5 Å². The van der Waals surface area contributed by atoms with Crippen molar-refractivity contribution in [3.05, 3.63) is 58.1 Å². The number of hydrogen-bond donors (Lipinski definition) is 0. The van der Waals surface area contributed by atoms with Crippen LogP contribution < -0.4 is 0 Å². The molecule has 0 fully saturated rings. The maximum Gasteiger partial charge on any atom is 2.00 e. The standard InChI is InChI=1S/C10H15.C5H5.Rh/c1-6-7(2)9(4)10(5)8(6)3;1-2-4-5-3-1;/h1-5H3;1-5H;/q2*-1;+2. The zero-order valence-electron chi connectivity index (χ0n) is 10.7. The average Bonchev–Trinajstić information content (AvgIpc) is 2.86. The van der Waals surface area contributed by atoms with Crippen molar-refractivity contribution in [1.82, 2.24) is 0 Å². The van der Waals surface area contributed by atoms with Crippen molar-refractivity contribution in [2.24, 2.45) is 0 Å². The van der Waals surface area contributed by atoms with Crippen LogP contribution in [0.5, 0.6) is 0 Å². The van der Waals surface area contributed by atoms with Gasteiger partial charge in [0.05, 0.1) is 0 Å². The Bertz CT molecular complexity index is 308. The third-order valence-electron chi connectivity index (χ3n) is 3.37. The summed E-state index contributed by atoms with van der Waals surface area (Å²) in [6.45, 7) is 11.0. The fourth-order valence-corrected chi connectivity index (χ4v) is 1.73. The summed E-state index contributed by atoms with van der Waals surface area (Å²) in [6.07, 6.45) is 0. The van der Waals surface area contributed by atoms with Gasteiger partial charge in [0, 0.05) is 0 Å². The molecule has 0 amide bonds. The van der Waals surface area contributed by atoms with Crippen molar-refractivity contribution in [1.29, 1.82) is 0 Å². The summed E-state index contributed by atoms with van der Waals surface area (Å²) in [5.41, 5.74) is 7.34. The first-order valence-corrected chi connectivity index (χ1v) is 5.42. The van der Waals surface area contributed by atoms with Gasteiger partial charge in [-0.1, -0.05) is 34.6 Å². The Hall–Kier alpha value is -0.677. The van der Waals surface area contributed by atoms with Gasteiger partial charge in [-0.25, -0.2) is 12.1 Å². The predicted octanol–water partition coefficient (Wildman–Crippen LogP) is 4.35. The minimum absolute atomic E-state index is 0. The molecule has 0 unspecified atom stereocenters. The fraction of sp³-hybridized carbons (Fsp3) is 0.333. The molecule has 2 aromatic carbocycles. The molecule has 0 aliphatic rings. The zero-order chi connectivity index (χ0) is 11.4. The van der Waals surface area contributed by atoms with Crippen molar-refractivity contribution in [2.75, 3.05) is 0 Å². The van der Waals surface area contributed by atoms with Crippen LogP contribution in [0.1, 0.15) is 27.8 Å². The minimum Gasteiger partial charge on any atom is -0.214 e. The smallest absolute Gasteiger partial charge is 0.214 e. The second-order valence-corrected chi connectivity index (χ2v) is 4.09. The third-order valence-corrected chi connectivity index (χ3v) is 3.37. The Morgan fingerprint density at radius 3 is 1.38 bits per heavy atom. The SMILES string of the molecule is Cc1c(C)c(C)[c-](C)c1C.[Rh+2].c1cc[cH-]c1. The van der Waals surface area contributed by atoms with Gasteiger partial charge in [-0.3, -0.25) is 0 Å². The van der Waals surface area contributed by atoms with Crippen LogP contribution >= 0.6 is 0 Å². The van der Waals surface area contributed by atoms with E-state index in [0.29, 0.717) is 0 Å². The van der Waals surface area contributed by atoms with E-state index in [0.717, 1.165) is 0 Å². The van der Waals surface area contributed by atoms with Gasteiger partial charge < -0.3 is 0 Å². The Kier molecular flexibility index (Phi) is 6.52. The molecule has 0 bridgehead atoms. The first-order chi connectivity index (χ1) is 7.05. The van der Waals surface area contributed by atoms with Crippen LogP contribution in [0.3, 0.4) is 0 Å². The summed E-state index contributed by atoms with van der Waals surface area (Å²) < 4.78 is 0. The van der Waals surface area contributed by atoms with E-state index < -0.39 is 0 Å². The molecule has 0 atom stereocenters. The van der Waals surface area contributed by atoms with Gasteiger partial charge >= 0.3 is 19.5 Å². The second kappa shape index (κ2) is 6.81. The van der Waals surface area contributed by atoms with Gasteiger partial charge in [0.25, 0.3) is 0 Å². The third kappa shape index (κ3) is 3.42. The van der Waals surface area contributed by atoms with Gasteiger partial charge in [0.15, 0.2) is 0 Å². The molecule has 16 heavy (non-hydrogen) atoms. The number of hydrogen-bond acceptors (Lipinski definition) is 0. The molecule has 0 aromatic heterocycles. The topological polar surface area (TPSA) is 0 Å². The Labute approximate surface area is 112 Å². The molecule has 0 nitrogen and oxygen atoms in total. The monoisotopic (exact) mass is 303 g/mol. The quantitative estimate of drug-likeness (QED) is 0.501. The molecule has 0 aliphatic heterocycles. The predicted molar refractivity (Wildman–Crippen MR) is 67.8 cm³/mol. The maximum atomic E-state index is 2.20. The van der Waals surface area contributed by atoms with Crippen molar-refractivity contribution in [3.63, 3.8) is 0 Å². The average molecular weight is 303 g/mol. The van der Waals surface area contributed by atoms with Crippen LogP contribution in [0.4, 0.5) is 0 Å². The maximum absolute atomic E-state index is 2.20. The minimum atomic E-state index is 0. The first-order valence-electron chi connectivity index (χ1n) is 5.42. The van der Waals surface area contributed by atoms with Crippen molar-refractivity contribution >= 4 is 0 Å². The van der Waals surface area contributed by atoms with E-state index in [2.05, 4.69) is 34.6 Å².